The van der Waals surface area contributed by atoms with Crippen LogP contribution in [0.15, 0.2) is 41.3 Å². The Labute approximate surface area is 199 Å². The van der Waals surface area contributed by atoms with Crippen molar-refractivity contribution in [1.82, 2.24) is 0 Å². The van der Waals surface area contributed by atoms with Gasteiger partial charge < -0.3 is 4.55 Å². The van der Waals surface area contributed by atoms with Gasteiger partial charge in [-0.1, -0.05) is 108 Å². The third-order valence-corrected chi connectivity index (χ3v) is 6.47. The van der Waals surface area contributed by atoms with Gasteiger partial charge >= 0.3 is 29.6 Å². The van der Waals surface area contributed by atoms with Crippen LogP contribution in [0.5, 0.6) is 0 Å². The fraction of sp³-hybridized carbons (Fsp3) is 0.583. The second kappa shape index (κ2) is 14.6. The van der Waals surface area contributed by atoms with Gasteiger partial charge in [-0.15, -0.1) is 0 Å². The van der Waals surface area contributed by atoms with Gasteiger partial charge in [-0.05, 0) is 35.2 Å². The van der Waals surface area contributed by atoms with Crippen molar-refractivity contribution < 1.29 is 42.5 Å². The normalized spacial score (nSPS) is 11.5. The maximum Gasteiger partial charge on any atom is 1.00 e. The molecule has 29 heavy (non-hydrogen) atoms. The molecule has 0 N–H and O–H groups in total. The van der Waals surface area contributed by atoms with Crippen molar-refractivity contribution in [2.75, 3.05) is 0 Å². The SMILES string of the molecule is CCCCCCCCCCCCCCc1c(S(=O)(=O)[O-])ccc2ccccc12.[Na+]. The maximum atomic E-state index is 11.7. The molecule has 0 fully saturated rings. The second-order valence-electron chi connectivity index (χ2n) is 7.86. The van der Waals surface area contributed by atoms with E-state index in [0.29, 0.717) is 12.0 Å². The summed E-state index contributed by atoms with van der Waals surface area (Å²) >= 11 is 0. The van der Waals surface area contributed by atoms with Crippen molar-refractivity contribution in [3.8, 4) is 0 Å². The predicted molar refractivity (Wildman–Crippen MR) is 117 cm³/mol. The summed E-state index contributed by atoms with van der Waals surface area (Å²) in [4.78, 5) is -0.0470. The molecule has 0 amide bonds. The molecule has 0 atom stereocenters. The van der Waals surface area contributed by atoms with E-state index in [1.165, 1.54) is 70.3 Å². The summed E-state index contributed by atoms with van der Waals surface area (Å²) in [6, 6.07) is 10.9. The number of benzene rings is 2. The Morgan fingerprint density at radius 2 is 1.24 bits per heavy atom. The smallest absolute Gasteiger partial charge is 0.744 e. The Hall–Kier alpha value is -0.390. The van der Waals surface area contributed by atoms with E-state index in [2.05, 4.69) is 6.92 Å². The summed E-state index contributed by atoms with van der Waals surface area (Å²) < 4.78 is 35.0. The van der Waals surface area contributed by atoms with Gasteiger partial charge in [0.05, 0.1) is 4.90 Å². The van der Waals surface area contributed by atoms with Gasteiger partial charge in [0, 0.05) is 0 Å². The fourth-order valence-corrected chi connectivity index (χ4v) is 4.70. The van der Waals surface area contributed by atoms with Crippen LogP contribution in [0.3, 0.4) is 0 Å². The average molecular weight is 427 g/mol. The van der Waals surface area contributed by atoms with E-state index in [4.69, 9.17) is 0 Å². The van der Waals surface area contributed by atoms with Crippen molar-refractivity contribution in [3.63, 3.8) is 0 Å². The molecular formula is C24H35NaO3S. The van der Waals surface area contributed by atoms with Crippen LogP contribution in [0, 0.1) is 0 Å². The van der Waals surface area contributed by atoms with E-state index in [1.54, 1.807) is 6.07 Å². The molecule has 0 saturated carbocycles. The van der Waals surface area contributed by atoms with E-state index >= 15 is 0 Å². The zero-order chi connectivity index (χ0) is 20.2. The van der Waals surface area contributed by atoms with E-state index in [-0.39, 0.29) is 34.5 Å². The number of aryl methyl sites for hydroxylation is 1. The molecule has 2 aromatic carbocycles. The van der Waals surface area contributed by atoms with Crippen LogP contribution in [0.4, 0.5) is 0 Å². The summed E-state index contributed by atoms with van der Waals surface area (Å²) in [5.74, 6) is 0. The molecule has 2 aromatic rings. The van der Waals surface area contributed by atoms with Gasteiger partial charge in [0.1, 0.15) is 10.1 Å². The molecule has 0 aromatic heterocycles. The first-order valence-electron chi connectivity index (χ1n) is 11.0. The molecule has 5 heteroatoms. The molecular weight excluding hydrogens is 391 g/mol. The van der Waals surface area contributed by atoms with Gasteiger partial charge in [-0.2, -0.15) is 0 Å². The van der Waals surface area contributed by atoms with Gasteiger partial charge in [-0.25, -0.2) is 8.42 Å². The Morgan fingerprint density at radius 3 is 1.79 bits per heavy atom. The van der Waals surface area contributed by atoms with Crippen LogP contribution < -0.4 is 29.6 Å². The van der Waals surface area contributed by atoms with Gasteiger partial charge in [0.15, 0.2) is 0 Å². The van der Waals surface area contributed by atoms with Crippen molar-refractivity contribution >= 4 is 20.9 Å². The Bertz CT molecular complexity index is 818. The molecule has 0 spiro atoms. The van der Waals surface area contributed by atoms with Crippen molar-refractivity contribution in [2.45, 2.75) is 95.3 Å². The molecule has 3 nitrogen and oxygen atoms in total. The summed E-state index contributed by atoms with van der Waals surface area (Å²) in [7, 11) is -4.44. The quantitative estimate of drug-likeness (QED) is 0.261. The molecule has 0 bridgehead atoms. The largest absolute Gasteiger partial charge is 1.00 e. The van der Waals surface area contributed by atoms with Crippen LogP contribution in [0.2, 0.25) is 0 Å². The van der Waals surface area contributed by atoms with Crippen LogP contribution in [0.25, 0.3) is 10.8 Å². The average Bonchev–Trinajstić information content (AvgIpc) is 2.68. The first-order valence-corrected chi connectivity index (χ1v) is 12.4. The molecule has 0 aliphatic carbocycles. The predicted octanol–water partition coefficient (Wildman–Crippen LogP) is 3.99. The first kappa shape index (κ1) is 26.6. The molecule has 0 unspecified atom stereocenters. The van der Waals surface area contributed by atoms with Crippen molar-refractivity contribution in [1.29, 1.82) is 0 Å². The van der Waals surface area contributed by atoms with Gasteiger partial charge in [-0.3, -0.25) is 0 Å². The molecule has 0 heterocycles. The Morgan fingerprint density at radius 1 is 0.724 bits per heavy atom. The summed E-state index contributed by atoms with van der Waals surface area (Å²) in [6.07, 6.45) is 15.9. The number of unbranched alkanes of at least 4 members (excludes halogenated alkanes) is 11. The molecule has 0 aliphatic heterocycles. The van der Waals surface area contributed by atoms with Gasteiger partial charge in [0.25, 0.3) is 0 Å². The Balaban J connectivity index is 0.00000420. The van der Waals surface area contributed by atoms with Crippen LogP contribution in [-0.4, -0.2) is 13.0 Å². The van der Waals surface area contributed by atoms with Crippen molar-refractivity contribution in [2.24, 2.45) is 0 Å². The van der Waals surface area contributed by atoms with Crippen molar-refractivity contribution in [3.05, 3.63) is 42.0 Å². The molecule has 0 aliphatic rings. The summed E-state index contributed by atoms with van der Waals surface area (Å²) in [5.41, 5.74) is 0.695. The maximum absolute atomic E-state index is 11.7. The zero-order valence-electron chi connectivity index (χ0n) is 18.3. The third kappa shape index (κ3) is 9.52. The minimum absolute atomic E-state index is 0. The monoisotopic (exact) mass is 426 g/mol. The van der Waals surface area contributed by atoms with E-state index < -0.39 is 10.1 Å². The minimum atomic E-state index is -4.44. The molecule has 0 saturated heterocycles. The number of hydrogen-bond acceptors (Lipinski definition) is 3. The van der Waals surface area contributed by atoms with Crippen LogP contribution >= 0.6 is 0 Å². The van der Waals surface area contributed by atoms with Crippen LogP contribution in [0.1, 0.15) is 89.5 Å². The van der Waals surface area contributed by atoms with Crippen LogP contribution in [-0.2, 0) is 16.5 Å². The van der Waals surface area contributed by atoms with E-state index in [9.17, 15) is 13.0 Å². The topological polar surface area (TPSA) is 57.2 Å². The molecule has 156 valence electrons. The summed E-state index contributed by atoms with van der Waals surface area (Å²) in [5, 5.41) is 1.88. The van der Waals surface area contributed by atoms with Gasteiger partial charge in [0.2, 0.25) is 0 Å². The molecule has 2 rings (SSSR count). The number of hydrogen-bond donors (Lipinski definition) is 0. The van der Waals surface area contributed by atoms with E-state index in [0.717, 1.165) is 23.6 Å². The standard InChI is InChI=1S/C24H36O3S.Na/c1-2-3-4-5-6-7-8-9-10-11-12-13-18-23-22-17-15-14-16-21(22)19-20-24(23)28(25,26)27;/h14-17,19-20H,2-13,18H2,1H3,(H,25,26,27);/q;+1/p-1. The number of fused-ring (bicyclic) bond motifs is 1. The third-order valence-electron chi connectivity index (χ3n) is 5.55. The Kier molecular flexibility index (Phi) is 13.4. The second-order valence-corrected chi connectivity index (χ2v) is 9.20. The zero-order valence-corrected chi connectivity index (χ0v) is 21.1. The summed E-state index contributed by atoms with van der Waals surface area (Å²) in [6.45, 7) is 2.25. The first-order chi connectivity index (χ1) is 13.5. The fourth-order valence-electron chi connectivity index (χ4n) is 3.95. The minimum Gasteiger partial charge on any atom is -0.744 e. The molecule has 0 radical (unpaired) electrons. The van der Waals surface area contributed by atoms with E-state index in [1.807, 2.05) is 24.3 Å². The number of rotatable bonds is 14.